The molecule has 1 N–H and O–H groups in total. The second kappa shape index (κ2) is 8.91. The number of likely N-dealkylation sites (tertiary alicyclic amines) is 1. The van der Waals surface area contributed by atoms with Crippen molar-refractivity contribution in [3.8, 4) is 28.1 Å². The third kappa shape index (κ3) is 4.26. The molecule has 35 heavy (non-hydrogen) atoms. The molecule has 3 aromatic heterocycles. The molecule has 9 nitrogen and oxygen atoms in total. The summed E-state index contributed by atoms with van der Waals surface area (Å²) in [5.74, 6) is -1.05. The van der Waals surface area contributed by atoms with Gasteiger partial charge in [0.15, 0.2) is 18.3 Å². The summed E-state index contributed by atoms with van der Waals surface area (Å²) in [6, 6.07) is 7.48. The monoisotopic (exact) mass is 481 g/mol. The molecule has 1 fully saturated rings. The third-order valence-corrected chi connectivity index (χ3v) is 5.86. The van der Waals surface area contributed by atoms with Crippen LogP contribution in [0.2, 0.25) is 0 Å². The number of fused-ring (bicyclic) bond motifs is 1. The van der Waals surface area contributed by atoms with Gasteiger partial charge in [-0.3, -0.25) is 0 Å². The van der Waals surface area contributed by atoms with Gasteiger partial charge in [-0.15, -0.1) is 5.10 Å². The van der Waals surface area contributed by atoms with Crippen LogP contribution in [0.5, 0.6) is 5.75 Å². The lowest BCUT2D eigenvalue weighted by molar-refractivity contribution is 0.0514. The van der Waals surface area contributed by atoms with E-state index in [0.29, 0.717) is 35.6 Å². The van der Waals surface area contributed by atoms with Crippen LogP contribution in [0.15, 0.2) is 42.7 Å². The summed E-state index contributed by atoms with van der Waals surface area (Å²) < 4.78 is 42.2. The second-order valence-corrected chi connectivity index (χ2v) is 8.30. The fraction of sp³-hybridized carbons (Fsp3) is 0.250. The average molecular weight is 481 g/mol. The molecular formula is C24H21F2N5O4. The molecule has 1 aliphatic rings. The number of ether oxygens (including phenoxy) is 2. The number of aromatic nitrogens is 4. The predicted molar refractivity (Wildman–Crippen MR) is 121 cm³/mol. The number of halogens is 2. The molecule has 0 aliphatic carbocycles. The van der Waals surface area contributed by atoms with Crippen molar-refractivity contribution < 1.29 is 28.2 Å². The van der Waals surface area contributed by atoms with Crippen LogP contribution >= 0.6 is 0 Å². The van der Waals surface area contributed by atoms with E-state index < -0.39 is 17.7 Å². The molecule has 0 unspecified atom stereocenters. The molecule has 4 heterocycles. The lowest BCUT2D eigenvalue weighted by Crippen LogP contribution is -2.48. The Morgan fingerprint density at radius 1 is 1.11 bits per heavy atom. The Morgan fingerprint density at radius 2 is 1.89 bits per heavy atom. The summed E-state index contributed by atoms with van der Waals surface area (Å²) in [6.45, 7) is 2.30. The van der Waals surface area contributed by atoms with Gasteiger partial charge in [0.25, 0.3) is 0 Å². The number of hydrogen-bond acceptors (Lipinski definition) is 6. The normalized spacial score (nSPS) is 13.8. The smallest absolute Gasteiger partial charge is 0.407 e. The number of nitrogens with zero attached hydrogens (tertiary/aromatic N) is 5. The first-order chi connectivity index (χ1) is 16.8. The van der Waals surface area contributed by atoms with Crippen LogP contribution < -0.4 is 4.74 Å². The van der Waals surface area contributed by atoms with Crippen molar-refractivity contribution in [2.75, 3.05) is 27.0 Å². The zero-order chi connectivity index (χ0) is 24.7. The molecule has 0 radical (unpaired) electrons. The van der Waals surface area contributed by atoms with Crippen molar-refractivity contribution in [2.24, 2.45) is 0 Å². The van der Waals surface area contributed by atoms with Crippen molar-refractivity contribution in [2.45, 2.75) is 12.8 Å². The first-order valence-electron chi connectivity index (χ1n) is 10.8. The Morgan fingerprint density at radius 3 is 2.57 bits per heavy atom. The highest BCUT2D eigenvalue weighted by Gasteiger charge is 2.33. The molecule has 180 valence electrons. The van der Waals surface area contributed by atoms with Crippen LogP contribution in [0.25, 0.3) is 28.0 Å². The van der Waals surface area contributed by atoms with Crippen molar-refractivity contribution in [1.29, 1.82) is 0 Å². The number of hydrogen-bond donors (Lipinski definition) is 1. The Hall–Kier alpha value is -4.12. The van der Waals surface area contributed by atoms with E-state index in [1.54, 1.807) is 41.9 Å². The first-order valence-corrected chi connectivity index (χ1v) is 10.8. The molecule has 1 saturated heterocycles. The predicted octanol–water partition coefficient (Wildman–Crippen LogP) is 4.10. The van der Waals surface area contributed by atoms with Crippen molar-refractivity contribution in [3.63, 3.8) is 0 Å². The van der Waals surface area contributed by atoms with E-state index in [4.69, 9.17) is 14.6 Å². The lowest BCUT2D eigenvalue weighted by atomic mass is 9.96. The summed E-state index contributed by atoms with van der Waals surface area (Å²) in [4.78, 5) is 16.4. The van der Waals surface area contributed by atoms with E-state index in [1.165, 1.54) is 24.1 Å². The second-order valence-electron chi connectivity index (χ2n) is 8.30. The Labute approximate surface area is 198 Å². The van der Waals surface area contributed by atoms with Gasteiger partial charge in [0, 0.05) is 44.1 Å². The molecule has 1 amide bonds. The molecule has 1 aromatic carbocycles. The molecule has 0 spiro atoms. The lowest BCUT2D eigenvalue weighted by Gasteiger charge is -2.36. The highest BCUT2D eigenvalue weighted by atomic mass is 19.1. The number of pyridine rings is 1. The Bertz CT molecular complexity index is 1420. The third-order valence-electron chi connectivity index (χ3n) is 5.86. The standard InChI is InChI=1S/C24H21F2N5O4/c1-13-8-30-9-15(6-18(26)23(30)27-13)14-5-17(25)22(21(7-14)35-12-34-2)20-4-3-19(28-29-20)16-10-31(11-16)24(32)33/h3-9,16H,10-12H2,1-2H3,(H,32,33). The van der Waals surface area contributed by atoms with Crippen LogP contribution in [0.1, 0.15) is 17.3 Å². The number of rotatable bonds is 6. The molecule has 0 atom stereocenters. The van der Waals surface area contributed by atoms with Crippen LogP contribution in [-0.2, 0) is 4.74 Å². The van der Waals surface area contributed by atoms with Crippen LogP contribution in [0.4, 0.5) is 13.6 Å². The van der Waals surface area contributed by atoms with Gasteiger partial charge in [-0.25, -0.2) is 18.6 Å². The van der Waals surface area contributed by atoms with E-state index in [0.717, 1.165) is 0 Å². The van der Waals surface area contributed by atoms with E-state index in [1.807, 2.05) is 0 Å². The maximum Gasteiger partial charge on any atom is 0.407 e. The van der Waals surface area contributed by atoms with Gasteiger partial charge >= 0.3 is 6.09 Å². The van der Waals surface area contributed by atoms with Gasteiger partial charge in [-0.1, -0.05) is 0 Å². The van der Waals surface area contributed by atoms with Gasteiger partial charge in [-0.05, 0) is 42.8 Å². The fourth-order valence-electron chi connectivity index (χ4n) is 4.09. The van der Waals surface area contributed by atoms with Gasteiger partial charge in [0.2, 0.25) is 0 Å². The number of methoxy groups -OCH3 is 1. The molecule has 0 saturated carbocycles. The zero-order valence-corrected chi connectivity index (χ0v) is 18.9. The van der Waals surface area contributed by atoms with Crippen LogP contribution in [0.3, 0.4) is 0 Å². The van der Waals surface area contributed by atoms with E-state index >= 15 is 4.39 Å². The van der Waals surface area contributed by atoms with E-state index in [-0.39, 0.29) is 35.4 Å². The quantitative estimate of drug-likeness (QED) is 0.414. The summed E-state index contributed by atoms with van der Waals surface area (Å²) in [5.41, 5.74) is 2.64. The summed E-state index contributed by atoms with van der Waals surface area (Å²) in [6.07, 6.45) is 2.37. The van der Waals surface area contributed by atoms with Crippen molar-refractivity contribution in [1.82, 2.24) is 24.5 Å². The average Bonchev–Trinajstić information content (AvgIpc) is 3.17. The molecule has 1 aliphatic heterocycles. The number of imidazole rings is 1. The maximum absolute atomic E-state index is 15.4. The fourth-order valence-corrected chi connectivity index (χ4v) is 4.09. The zero-order valence-electron chi connectivity index (χ0n) is 18.9. The summed E-state index contributed by atoms with van der Waals surface area (Å²) in [5, 5.41) is 17.3. The molecular weight excluding hydrogens is 460 g/mol. The molecule has 4 aromatic rings. The van der Waals surface area contributed by atoms with Gasteiger partial charge in [-0.2, -0.15) is 5.10 Å². The van der Waals surface area contributed by atoms with Crippen LogP contribution in [0, 0.1) is 18.6 Å². The van der Waals surface area contributed by atoms with Gasteiger partial charge in [0.05, 0.1) is 22.6 Å². The number of benzene rings is 1. The molecule has 5 rings (SSSR count). The number of aryl methyl sites for hydroxylation is 1. The van der Waals surface area contributed by atoms with Crippen molar-refractivity contribution >= 4 is 11.7 Å². The Balaban J connectivity index is 1.50. The van der Waals surface area contributed by atoms with Crippen LogP contribution in [-0.4, -0.2) is 62.7 Å². The van der Waals surface area contributed by atoms with E-state index in [9.17, 15) is 9.18 Å². The van der Waals surface area contributed by atoms with Gasteiger partial charge in [0.1, 0.15) is 11.6 Å². The summed E-state index contributed by atoms with van der Waals surface area (Å²) >= 11 is 0. The molecule has 0 bridgehead atoms. The highest BCUT2D eigenvalue weighted by Crippen LogP contribution is 2.37. The first kappa shape index (κ1) is 22.7. The minimum Gasteiger partial charge on any atom is -0.467 e. The number of carbonyl (C=O) groups is 1. The number of carboxylic acid groups (broad SMARTS) is 1. The van der Waals surface area contributed by atoms with Crippen molar-refractivity contribution in [3.05, 3.63) is 65.7 Å². The van der Waals surface area contributed by atoms with Gasteiger partial charge < -0.3 is 23.9 Å². The topological polar surface area (TPSA) is 102 Å². The highest BCUT2D eigenvalue weighted by molar-refractivity contribution is 5.75. The Kier molecular flexibility index (Phi) is 5.77. The van der Waals surface area contributed by atoms with E-state index in [2.05, 4.69) is 15.2 Å². The molecule has 11 heteroatoms. The minimum absolute atomic E-state index is 0.0549. The maximum atomic E-state index is 15.4. The summed E-state index contributed by atoms with van der Waals surface area (Å²) in [7, 11) is 1.44. The largest absolute Gasteiger partial charge is 0.467 e. The number of amides is 1. The minimum atomic E-state index is -0.977. The SMILES string of the molecule is COCOc1cc(-c2cc(F)c3nc(C)cn3c2)cc(F)c1-c1ccc(C2CN(C(=O)O)C2)nn1.